The summed E-state index contributed by atoms with van der Waals surface area (Å²) >= 11 is 7.67. The number of carbonyl (C=O) groups is 1. The summed E-state index contributed by atoms with van der Waals surface area (Å²) in [6, 6.07) is 16.1. The van der Waals surface area contributed by atoms with Gasteiger partial charge in [-0.3, -0.25) is 4.90 Å². The molecular formula is C24H21ClN4O3S. The van der Waals surface area contributed by atoms with Crippen molar-refractivity contribution >= 4 is 40.2 Å². The third-order valence-electron chi connectivity index (χ3n) is 5.10. The molecule has 0 aliphatic carbocycles. The highest BCUT2D eigenvalue weighted by molar-refractivity contribution is 8.17. The number of rotatable bonds is 6. The van der Waals surface area contributed by atoms with E-state index in [1.54, 1.807) is 24.0 Å². The third-order valence-corrected chi connectivity index (χ3v) is 6.37. The Labute approximate surface area is 201 Å². The fourth-order valence-corrected chi connectivity index (χ4v) is 4.85. The smallest absolute Gasteiger partial charge is 0.338 e. The Kier molecular flexibility index (Phi) is 6.63. The number of ether oxygens (including phenoxy) is 2. The molecule has 0 unspecified atom stereocenters. The molecule has 0 fully saturated rings. The third kappa shape index (κ3) is 4.17. The summed E-state index contributed by atoms with van der Waals surface area (Å²) in [5.74, 6) is 0.247. The molecule has 33 heavy (non-hydrogen) atoms. The predicted molar refractivity (Wildman–Crippen MR) is 129 cm³/mol. The quantitative estimate of drug-likeness (QED) is 0.591. The Bertz CT molecular complexity index is 1230. The maximum absolute atomic E-state index is 13.3. The van der Waals surface area contributed by atoms with Crippen molar-refractivity contribution < 1.29 is 14.3 Å². The molecule has 0 aromatic heterocycles. The van der Waals surface area contributed by atoms with E-state index in [9.17, 15) is 10.1 Å². The van der Waals surface area contributed by atoms with Crippen molar-refractivity contribution in [2.24, 2.45) is 10.7 Å². The van der Waals surface area contributed by atoms with Crippen molar-refractivity contribution in [2.75, 3.05) is 13.2 Å². The van der Waals surface area contributed by atoms with Crippen LogP contribution in [0.4, 0.5) is 0 Å². The van der Waals surface area contributed by atoms with Gasteiger partial charge in [-0.15, -0.1) is 0 Å². The molecule has 7 nitrogen and oxygen atoms in total. The number of nitriles is 1. The molecule has 0 spiro atoms. The Morgan fingerprint density at radius 2 is 2.00 bits per heavy atom. The highest BCUT2D eigenvalue weighted by Crippen LogP contribution is 2.48. The zero-order chi connectivity index (χ0) is 23.5. The van der Waals surface area contributed by atoms with Gasteiger partial charge in [0.25, 0.3) is 0 Å². The summed E-state index contributed by atoms with van der Waals surface area (Å²) < 4.78 is 11.0. The van der Waals surface area contributed by atoms with Crippen LogP contribution in [0.2, 0.25) is 5.02 Å². The molecule has 0 radical (unpaired) electrons. The van der Waals surface area contributed by atoms with Crippen molar-refractivity contribution in [1.29, 1.82) is 5.26 Å². The lowest BCUT2D eigenvalue weighted by Crippen LogP contribution is -2.38. The number of fused-ring (bicyclic) bond motifs is 1. The first-order valence-electron chi connectivity index (χ1n) is 10.3. The molecule has 0 bridgehead atoms. The molecule has 2 aliphatic heterocycles. The number of esters is 1. The standard InChI is InChI=1S/C24H21ClN4O3S/c1-3-31-17-11-10-15(12-16(17)25)21-19(23(30)32-4-2)20(14-8-6-5-7-9-14)28-24-29(21)22(27)18(13-26)33-24/h5-12,21H,3-4,27H2,1-2H3/t21-/m0/s1. The number of halogens is 1. The molecule has 2 heterocycles. The van der Waals surface area contributed by atoms with Crippen LogP contribution in [-0.4, -0.2) is 29.3 Å². The minimum atomic E-state index is -0.696. The van der Waals surface area contributed by atoms with Crippen LogP contribution in [0.1, 0.15) is 31.0 Å². The fourth-order valence-electron chi connectivity index (χ4n) is 3.73. The van der Waals surface area contributed by atoms with Gasteiger partial charge in [0.05, 0.1) is 35.5 Å². The van der Waals surface area contributed by atoms with Crippen LogP contribution in [0.3, 0.4) is 0 Å². The van der Waals surface area contributed by atoms with E-state index < -0.39 is 12.0 Å². The zero-order valence-electron chi connectivity index (χ0n) is 18.0. The van der Waals surface area contributed by atoms with Gasteiger partial charge in [0.1, 0.15) is 22.5 Å². The Balaban J connectivity index is 1.98. The normalized spacial score (nSPS) is 17.5. The molecular weight excluding hydrogens is 460 g/mol. The summed E-state index contributed by atoms with van der Waals surface area (Å²) in [6.45, 7) is 4.28. The Morgan fingerprint density at radius 1 is 1.24 bits per heavy atom. The SMILES string of the molecule is CCOC(=O)C1=C(c2ccccc2)N=C2SC(C#N)=C(N)N2[C@H]1c1ccc(OCC)c(Cl)c1. The highest BCUT2D eigenvalue weighted by atomic mass is 35.5. The maximum Gasteiger partial charge on any atom is 0.338 e. The molecule has 4 rings (SSSR count). The number of nitrogens with two attached hydrogens (primary N) is 1. The number of hydrogen-bond donors (Lipinski definition) is 1. The summed E-state index contributed by atoms with van der Waals surface area (Å²) in [6.07, 6.45) is 0. The van der Waals surface area contributed by atoms with Crippen molar-refractivity contribution in [1.82, 2.24) is 4.90 Å². The van der Waals surface area contributed by atoms with Crippen molar-refractivity contribution in [2.45, 2.75) is 19.9 Å². The van der Waals surface area contributed by atoms with Crippen LogP contribution < -0.4 is 10.5 Å². The lowest BCUT2D eigenvalue weighted by molar-refractivity contribution is -0.139. The first-order chi connectivity index (χ1) is 16.0. The van der Waals surface area contributed by atoms with Crippen LogP contribution in [0.15, 0.2) is 69.8 Å². The maximum atomic E-state index is 13.3. The second-order valence-electron chi connectivity index (χ2n) is 7.07. The average molecular weight is 481 g/mol. The topological polar surface area (TPSA) is 101 Å². The van der Waals surface area contributed by atoms with Gasteiger partial charge in [0.15, 0.2) is 5.17 Å². The first-order valence-corrected chi connectivity index (χ1v) is 11.5. The van der Waals surface area contributed by atoms with E-state index in [0.717, 1.165) is 5.56 Å². The molecule has 2 aromatic carbocycles. The minimum absolute atomic E-state index is 0.196. The molecule has 0 amide bonds. The number of carbonyl (C=O) groups excluding carboxylic acids is 1. The van der Waals surface area contributed by atoms with E-state index in [4.69, 9.17) is 31.8 Å². The van der Waals surface area contributed by atoms with Crippen LogP contribution in [0.5, 0.6) is 5.75 Å². The van der Waals surface area contributed by atoms with Crippen molar-refractivity contribution in [3.63, 3.8) is 0 Å². The highest BCUT2D eigenvalue weighted by Gasteiger charge is 2.43. The van der Waals surface area contributed by atoms with E-state index in [2.05, 4.69) is 6.07 Å². The second-order valence-corrected chi connectivity index (χ2v) is 8.45. The number of nitrogens with zero attached hydrogens (tertiary/aromatic N) is 3. The van der Waals surface area contributed by atoms with Crippen LogP contribution in [0, 0.1) is 11.3 Å². The number of benzene rings is 2. The Hall–Kier alpha value is -3.41. The lowest BCUT2D eigenvalue weighted by atomic mass is 9.92. The molecule has 0 saturated heterocycles. The van der Waals surface area contributed by atoms with E-state index in [0.29, 0.717) is 44.3 Å². The monoisotopic (exact) mass is 480 g/mol. The predicted octanol–water partition coefficient (Wildman–Crippen LogP) is 4.82. The van der Waals surface area contributed by atoms with Crippen LogP contribution in [-0.2, 0) is 9.53 Å². The molecule has 2 aliphatic rings. The molecule has 0 saturated carbocycles. The number of hydrogen-bond acceptors (Lipinski definition) is 8. The number of allylic oxidation sites excluding steroid dienone is 1. The van der Waals surface area contributed by atoms with Gasteiger partial charge in [0, 0.05) is 5.56 Å². The summed E-state index contributed by atoms with van der Waals surface area (Å²) in [4.78, 5) is 20.1. The van der Waals surface area contributed by atoms with E-state index >= 15 is 0 Å². The van der Waals surface area contributed by atoms with Gasteiger partial charge < -0.3 is 15.2 Å². The summed E-state index contributed by atoms with van der Waals surface area (Å²) in [5, 5.41) is 10.5. The van der Waals surface area contributed by atoms with E-state index in [1.807, 2.05) is 43.3 Å². The van der Waals surface area contributed by atoms with Crippen LogP contribution in [0.25, 0.3) is 5.70 Å². The molecule has 2 aromatic rings. The van der Waals surface area contributed by atoms with Crippen molar-refractivity contribution in [3.05, 3.63) is 81.0 Å². The van der Waals surface area contributed by atoms with Gasteiger partial charge in [-0.25, -0.2) is 9.79 Å². The number of aliphatic imine (C=N–C) groups is 1. The van der Waals surface area contributed by atoms with Gasteiger partial charge >= 0.3 is 5.97 Å². The van der Waals surface area contributed by atoms with Gasteiger partial charge in [0.2, 0.25) is 0 Å². The van der Waals surface area contributed by atoms with Gasteiger partial charge in [-0.2, -0.15) is 5.26 Å². The fraction of sp³-hybridized carbons (Fsp3) is 0.208. The molecule has 168 valence electrons. The second kappa shape index (κ2) is 9.61. The van der Waals surface area contributed by atoms with E-state index in [-0.39, 0.29) is 12.4 Å². The van der Waals surface area contributed by atoms with Gasteiger partial charge in [-0.05, 0) is 43.3 Å². The van der Waals surface area contributed by atoms with Gasteiger partial charge in [-0.1, -0.05) is 48.0 Å². The summed E-state index contributed by atoms with van der Waals surface area (Å²) in [7, 11) is 0. The minimum Gasteiger partial charge on any atom is -0.492 e. The first kappa shape index (κ1) is 22.8. The van der Waals surface area contributed by atoms with E-state index in [1.165, 1.54) is 11.8 Å². The number of amidine groups is 1. The summed E-state index contributed by atoms with van der Waals surface area (Å²) in [5.41, 5.74) is 8.58. The molecule has 1 atom stereocenters. The average Bonchev–Trinajstić information content (AvgIpc) is 3.15. The van der Waals surface area contributed by atoms with Crippen molar-refractivity contribution in [3.8, 4) is 11.8 Å². The largest absolute Gasteiger partial charge is 0.492 e. The number of thioether (sulfide) groups is 1. The zero-order valence-corrected chi connectivity index (χ0v) is 19.6. The van der Waals surface area contributed by atoms with Crippen LogP contribution >= 0.6 is 23.4 Å². The molecule has 9 heteroatoms. The Morgan fingerprint density at radius 3 is 2.64 bits per heavy atom. The molecule has 2 N–H and O–H groups in total. The lowest BCUT2D eigenvalue weighted by Gasteiger charge is -2.35.